The summed E-state index contributed by atoms with van der Waals surface area (Å²) < 4.78 is 0. The van der Waals surface area contributed by atoms with Gasteiger partial charge in [0.05, 0.1) is 18.0 Å². The molecule has 82 valence electrons. The molecule has 0 aliphatic carbocycles. The zero-order valence-corrected chi connectivity index (χ0v) is 10.6. The van der Waals surface area contributed by atoms with Crippen LogP contribution in [0.15, 0.2) is 17.5 Å². The summed E-state index contributed by atoms with van der Waals surface area (Å²) in [6.45, 7) is 4.22. The quantitative estimate of drug-likeness (QED) is 0.782. The van der Waals surface area contributed by atoms with E-state index in [1.165, 1.54) is 4.88 Å². The zero-order chi connectivity index (χ0) is 11.4. The number of thiophene rings is 1. The van der Waals surface area contributed by atoms with Crippen LogP contribution in [0, 0.1) is 23.2 Å². The third-order valence-electron chi connectivity index (χ3n) is 2.60. The van der Waals surface area contributed by atoms with E-state index in [1.807, 2.05) is 20.2 Å². The van der Waals surface area contributed by atoms with E-state index in [9.17, 15) is 5.26 Å². The number of nitrogens with zero attached hydrogens (tertiary/aromatic N) is 2. The summed E-state index contributed by atoms with van der Waals surface area (Å²) in [6, 6.07) is 6.81. The van der Waals surface area contributed by atoms with Crippen molar-refractivity contribution in [3.8, 4) is 6.07 Å². The van der Waals surface area contributed by atoms with Gasteiger partial charge in [-0.15, -0.1) is 11.3 Å². The van der Waals surface area contributed by atoms with Crippen LogP contribution in [0.1, 0.15) is 24.8 Å². The van der Waals surface area contributed by atoms with Crippen LogP contribution in [0.2, 0.25) is 0 Å². The molecular formula is C12H18N2S. The molecule has 0 aliphatic heterocycles. The van der Waals surface area contributed by atoms with Crippen molar-refractivity contribution in [2.24, 2.45) is 11.8 Å². The van der Waals surface area contributed by atoms with E-state index < -0.39 is 0 Å². The minimum atomic E-state index is 0.0543. The van der Waals surface area contributed by atoms with Gasteiger partial charge in [0.2, 0.25) is 0 Å². The number of hydrogen-bond donors (Lipinski definition) is 0. The third kappa shape index (κ3) is 2.80. The van der Waals surface area contributed by atoms with Crippen molar-refractivity contribution >= 4 is 11.3 Å². The molecule has 0 N–H and O–H groups in total. The number of hydrogen-bond acceptors (Lipinski definition) is 3. The molecular weight excluding hydrogens is 204 g/mol. The van der Waals surface area contributed by atoms with Gasteiger partial charge in [-0.3, -0.25) is 0 Å². The molecule has 1 rings (SSSR count). The molecule has 0 spiro atoms. The second-order valence-corrected chi connectivity index (χ2v) is 5.30. The minimum Gasteiger partial charge on any atom is -0.300 e. The predicted octanol–water partition coefficient (Wildman–Crippen LogP) is 3.15. The first-order valence-corrected chi connectivity index (χ1v) is 6.05. The Bertz CT molecular complexity index is 322. The molecule has 2 unspecified atom stereocenters. The molecule has 1 aromatic rings. The molecule has 0 saturated heterocycles. The van der Waals surface area contributed by atoms with Crippen LogP contribution in [0.5, 0.6) is 0 Å². The normalized spacial score (nSPS) is 15.3. The van der Waals surface area contributed by atoms with Gasteiger partial charge in [-0.2, -0.15) is 5.26 Å². The summed E-state index contributed by atoms with van der Waals surface area (Å²) in [7, 11) is 4.08. The standard InChI is InChI=1S/C12H18N2S/c1-9(2)10(8-13)12(14(3)4)11-6-5-7-15-11/h5-7,9-10,12H,1-4H3. The van der Waals surface area contributed by atoms with Crippen LogP contribution >= 0.6 is 11.3 Å². The lowest BCUT2D eigenvalue weighted by Gasteiger charge is -2.29. The Kier molecular flexibility index (Phi) is 4.31. The first-order chi connectivity index (χ1) is 7.07. The van der Waals surface area contributed by atoms with E-state index in [1.54, 1.807) is 11.3 Å². The molecule has 0 bridgehead atoms. The maximum absolute atomic E-state index is 9.24. The molecule has 0 amide bonds. The highest BCUT2D eigenvalue weighted by Gasteiger charge is 2.28. The zero-order valence-electron chi connectivity index (χ0n) is 9.77. The lowest BCUT2D eigenvalue weighted by Crippen LogP contribution is -2.28. The fourth-order valence-corrected chi connectivity index (χ4v) is 2.76. The van der Waals surface area contributed by atoms with Crippen molar-refractivity contribution in [1.82, 2.24) is 4.90 Å². The number of rotatable bonds is 4. The van der Waals surface area contributed by atoms with E-state index in [0.717, 1.165) is 0 Å². The Hall–Kier alpha value is -0.850. The molecule has 3 heteroatoms. The largest absolute Gasteiger partial charge is 0.300 e. The molecule has 1 heterocycles. The molecule has 2 atom stereocenters. The topological polar surface area (TPSA) is 27.0 Å². The van der Waals surface area contributed by atoms with E-state index in [-0.39, 0.29) is 12.0 Å². The van der Waals surface area contributed by atoms with Crippen LogP contribution in [0.3, 0.4) is 0 Å². The Morgan fingerprint density at radius 3 is 2.40 bits per heavy atom. The highest BCUT2D eigenvalue weighted by atomic mass is 32.1. The van der Waals surface area contributed by atoms with Crippen molar-refractivity contribution in [3.05, 3.63) is 22.4 Å². The van der Waals surface area contributed by atoms with E-state index in [2.05, 4.69) is 36.3 Å². The van der Waals surface area contributed by atoms with Crippen molar-refractivity contribution in [1.29, 1.82) is 5.26 Å². The van der Waals surface area contributed by atoms with Crippen molar-refractivity contribution < 1.29 is 0 Å². The molecule has 0 saturated carbocycles. The first-order valence-electron chi connectivity index (χ1n) is 5.17. The fraction of sp³-hybridized carbons (Fsp3) is 0.583. The second-order valence-electron chi connectivity index (χ2n) is 4.32. The molecule has 2 nitrogen and oxygen atoms in total. The number of nitriles is 1. The molecule has 0 radical (unpaired) electrons. The van der Waals surface area contributed by atoms with Gasteiger partial charge >= 0.3 is 0 Å². The van der Waals surface area contributed by atoms with Gasteiger partial charge in [0.1, 0.15) is 0 Å². The molecule has 0 fully saturated rings. The van der Waals surface area contributed by atoms with Crippen molar-refractivity contribution in [2.75, 3.05) is 14.1 Å². The van der Waals surface area contributed by atoms with Gasteiger partial charge in [-0.25, -0.2) is 0 Å². The summed E-state index contributed by atoms with van der Waals surface area (Å²) in [5, 5.41) is 11.3. The van der Waals surface area contributed by atoms with Gasteiger partial charge in [0, 0.05) is 4.88 Å². The lowest BCUT2D eigenvalue weighted by atomic mass is 9.88. The van der Waals surface area contributed by atoms with Gasteiger partial charge in [-0.05, 0) is 31.5 Å². The Morgan fingerprint density at radius 1 is 1.40 bits per heavy atom. The van der Waals surface area contributed by atoms with Crippen molar-refractivity contribution in [2.45, 2.75) is 19.9 Å². The summed E-state index contributed by atoms with van der Waals surface area (Å²) >= 11 is 1.73. The van der Waals surface area contributed by atoms with Gasteiger partial charge in [0.25, 0.3) is 0 Å². The maximum atomic E-state index is 9.24. The lowest BCUT2D eigenvalue weighted by molar-refractivity contribution is 0.214. The summed E-state index contributed by atoms with van der Waals surface area (Å²) in [6.07, 6.45) is 0. The molecule has 1 aromatic heterocycles. The maximum Gasteiger partial charge on any atom is 0.0691 e. The smallest absolute Gasteiger partial charge is 0.0691 e. The van der Waals surface area contributed by atoms with Crippen molar-refractivity contribution in [3.63, 3.8) is 0 Å². The Labute approximate surface area is 96.1 Å². The van der Waals surface area contributed by atoms with Crippen LogP contribution in [0.4, 0.5) is 0 Å². The fourth-order valence-electron chi connectivity index (χ4n) is 1.80. The van der Waals surface area contributed by atoms with Gasteiger partial charge in [-0.1, -0.05) is 19.9 Å². The molecule has 0 aliphatic rings. The van der Waals surface area contributed by atoms with Crippen LogP contribution in [-0.4, -0.2) is 19.0 Å². The van der Waals surface area contributed by atoms with Crippen LogP contribution in [0.25, 0.3) is 0 Å². The van der Waals surface area contributed by atoms with E-state index >= 15 is 0 Å². The minimum absolute atomic E-state index is 0.0543. The Balaban J connectivity index is 2.98. The van der Waals surface area contributed by atoms with Crippen LogP contribution in [-0.2, 0) is 0 Å². The summed E-state index contributed by atoms with van der Waals surface area (Å²) in [5.74, 6) is 0.433. The SMILES string of the molecule is CC(C)C(C#N)C(c1cccs1)N(C)C. The van der Waals surface area contributed by atoms with Gasteiger partial charge < -0.3 is 4.90 Å². The monoisotopic (exact) mass is 222 g/mol. The predicted molar refractivity (Wildman–Crippen MR) is 64.7 cm³/mol. The van der Waals surface area contributed by atoms with Crippen LogP contribution < -0.4 is 0 Å². The third-order valence-corrected chi connectivity index (χ3v) is 3.54. The summed E-state index contributed by atoms with van der Waals surface area (Å²) in [4.78, 5) is 3.42. The Morgan fingerprint density at radius 2 is 2.07 bits per heavy atom. The molecule has 0 aromatic carbocycles. The average Bonchev–Trinajstić information content (AvgIpc) is 2.64. The molecule has 15 heavy (non-hydrogen) atoms. The van der Waals surface area contributed by atoms with Gasteiger partial charge in [0.15, 0.2) is 0 Å². The average molecular weight is 222 g/mol. The van der Waals surface area contributed by atoms with E-state index in [0.29, 0.717) is 5.92 Å². The first kappa shape index (κ1) is 12.2. The second kappa shape index (κ2) is 5.29. The van der Waals surface area contributed by atoms with E-state index in [4.69, 9.17) is 0 Å². The highest BCUT2D eigenvalue weighted by Crippen LogP contribution is 2.33. The summed E-state index contributed by atoms with van der Waals surface area (Å²) in [5.41, 5.74) is 0. The highest BCUT2D eigenvalue weighted by molar-refractivity contribution is 7.10.